The normalized spacial score (nSPS) is 38.9. The van der Waals surface area contributed by atoms with Crippen LogP contribution in [0.25, 0.3) is 0 Å². The van der Waals surface area contributed by atoms with Crippen molar-refractivity contribution in [3.63, 3.8) is 0 Å². The summed E-state index contributed by atoms with van der Waals surface area (Å²) in [4.78, 5) is 10.7. The van der Waals surface area contributed by atoms with Crippen LogP contribution in [0.3, 0.4) is 0 Å². The third-order valence-corrected chi connectivity index (χ3v) is 2.59. The Labute approximate surface area is 116 Å². The number of carboxylic acids is 1. The third-order valence-electron chi connectivity index (χ3n) is 2.59. The molecule has 0 bridgehead atoms. The molecular weight excluding hydrogens is 227 g/mol. The molecule has 0 spiro atoms. The van der Waals surface area contributed by atoms with E-state index in [1.54, 1.807) is 6.92 Å². The number of hydrogen-bond donors (Lipinski definition) is 2. The van der Waals surface area contributed by atoms with Gasteiger partial charge >= 0.3 is 29.6 Å². The second-order valence-electron chi connectivity index (χ2n) is 3.50. The van der Waals surface area contributed by atoms with Gasteiger partial charge in [-0.25, -0.2) is 0 Å². The standard InChI is InChI=1S/C9H16O6.Na/c1-3-4-5(10)6(11)7(14-2)8(15-4)9(12)13;/h4-8,10-11H,3H2,1-2H3,(H,12,13);/q;+1/p-1. The van der Waals surface area contributed by atoms with Crippen LogP contribution in [0.5, 0.6) is 0 Å². The van der Waals surface area contributed by atoms with Gasteiger partial charge in [0, 0.05) is 7.11 Å². The molecule has 0 aromatic rings. The molecule has 0 aromatic carbocycles. The summed E-state index contributed by atoms with van der Waals surface area (Å²) in [5.41, 5.74) is 0. The Morgan fingerprint density at radius 1 is 1.44 bits per heavy atom. The molecular formula is C9H15NaO6. The maximum atomic E-state index is 10.7. The summed E-state index contributed by atoms with van der Waals surface area (Å²) in [5, 5.41) is 29.9. The zero-order valence-corrected chi connectivity index (χ0v) is 11.6. The third kappa shape index (κ3) is 3.16. The monoisotopic (exact) mass is 242 g/mol. The molecule has 2 N–H and O–H groups in total. The van der Waals surface area contributed by atoms with Crippen molar-refractivity contribution < 1.29 is 59.1 Å². The van der Waals surface area contributed by atoms with Gasteiger partial charge in [-0.1, -0.05) is 6.92 Å². The first-order valence-corrected chi connectivity index (χ1v) is 4.78. The van der Waals surface area contributed by atoms with Crippen molar-refractivity contribution in [1.29, 1.82) is 0 Å². The van der Waals surface area contributed by atoms with Crippen LogP contribution in [0.2, 0.25) is 0 Å². The molecule has 5 unspecified atom stereocenters. The molecule has 7 heteroatoms. The summed E-state index contributed by atoms with van der Waals surface area (Å²) < 4.78 is 9.87. The SMILES string of the molecule is CCC1OC(C(=O)[O-])C(OC)C(O)C1O.[Na+]. The van der Waals surface area contributed by atoms with Gasteiger partial charge in [-0.2, -0.15) is 0 Å². The molecule has 6 nitrogen and oxygen atoms in total. The van der Waals surface area contributed by atoms with Crippen molar-refractivity contribution in [3.05, 3.63) is 0 Å². The van der Waals surface area contributed by atoms with Crippen molar-refractivity contribution in [2.45, 2.75) is 43.9 Å². The zero-order chi connectivity index (χ0) is 11.6. The fraction of sp³-hybridized carbons (Fsp3) is 0.889. The average Bonchev–Trinajstić information content (AvgIpc) is 2.21. The predicted molar refractivity (Wildman–Crippen MR) is 46.8 cm³/mol. The second-order valence-corrected chi connectivity index (χ2v) is 3.50. The molecule has 16 heavy (non-hydrogen) atoms. The van der Waals surface area contributed by atoms with Crippen molar-refractivity contribution >= 4 is 5.97 Å². The first-order chi connectivity index (χ1) is 7.02. The maximum Gasteiger partial charge on any atom is 1.00 e. The molecule has 1 rings (SSSR count). The Kier molecular flexibility index (Phi) is 7.04. The summed E-state index contributed by atoms with van der Waals surface area (Å²) in [6.07, 6.45) is -5.19. The van der Waals surface area contributed by atoms with Crippen LogP contribution < -0.4 is 34.7 Å². The van der Waals surface area contributed by atoms with Crippen LogP contribution in [0.1, 0.15) is 13.3 Å². The summed E-state index contributed by atoms with van der Waals surface area (Å²) >= 11 is 0. The predicted octanol–water partition coefficient (Wildman–Crippen LogP) is -5.35. The van der Waals surface area contributed by atoms with E-state index in [4.69, 9.17) is 9.47 Å². The Hall–Kier alpha value is 0.310. The zero-order valence-electron chi connectivity index (χ0n) is 9.62. The van der Waals surface area contributed by atoms with Crippen LogP contribution >= 0.6 is 0 Å². The minimum Gasteiger partial charge on any atom is -0.547 e. The Morgan fingerprint density at radius 2 is 2.00 bits per heavy atom. The minimum atomic E-state index is -1.45. The van der Waals surface area contributed by atoms with E-state index in [1.165, 1.54) is 7.11 Å². The molecule has 0 aromatic heterocycles. The minimum absolute atomic E-state index is 0. The molecule has 1 aliphatic heterocycles. The number of ether oxygens (including phenoxy) is 2. The Balaban J connectivity index is 0.00000225. The van der Waals surface area contributed by atoms with Gasteiger partial charge in [0.25, 0.3) is 0 Å². The smallest absolute Gasteiger partial charge is 0.547 e. The number of carbonyl (C=O) groups excluding carboxylic acids is 1. The molecule has 1 saturated heterocycles. The van der Waals surface area contributed by atoms with Crippen molar-refractivity contribution in [2.75, 3.05) is 7.11 Å². The van der Waals surface area contributed by atoms with Crippen LogP contribution in [0.4, 0.5) is 0 Å². The molecule has 88 valence electrons. The number of methoxy groups -OCH3 is 1. The van der Waals surface area contributed by atoms with Crippen LogP contribution in [0, 0.1) is 0 Å². The van der Waals surface area contributed by atoms with E-state index in [9.17, 15) is 20.1 Å². The average molecular weight is 242 g/mol. The number of rotatable bonds is 3. The maximum absolute atomic E-state index is 10.7. The van der Waals surface area contributed by atoms with Gasteiger partial charge < -0.3 is 29.6 Å². The van der Waals surface area contributed by atoms with Gasteiger partial charge in [-0.05, 0) is 6.42 Å². The van der Waals surface area contributed by atoms with E-state index in [0.717, 1.165) is 0 Å². The van der Waals surface area contributed by atoms with E-state index in [0.29, 0.717) is 6.42 Å². The largest absolute Gasteiger partial charge is 1.00 e. The fourth-order valence-electron chi connectivity index (χ4n) is 1.73. The van der Waals surface area contributed by atoms with Crippen LogP contribution in [-0.4, -0.2) is 53.8 Å². The first kappa shape index (κ1) is 16.3. The fourth-order valence-corrected chi connectivity index (χ4v) is 1.73. The molecule has 0 saturated carbocycles. The number of carbonyl (C=O) groups is 1. The summed E-state index contributed by atoms with van der Waals surface area (Å²) in [5.74, 6) is -1.45. The van der Waals surface area contributed by atoms with Gasteiger partial charge in [0.1, 0.15) is 24.4 Å². The van der Waals surface area contributed by atoms with Gasteiger partial charge in [-0.3, -0.25) is 0 Å². The van der Waals surface area contributed by atoms with Gasteiger partial charge in [0.05, 0.1) is 12.1 Å². The topological polar surface area (TPSA) is 99.1 Å². The van der Waals surface area contributed by atoms with E-state index in [-0.39, 0.29) is 29.6 Å². The van der Waals surface area contributed by atoms with E-state index < -0.39 is 36.5 Å². The molecule has 0 amide bonds. The van der Waals surface area contributed by atoms with Crippen LogP contribution in [-0.2, 0) is 14.3 Å². The van der Waals surface area contributed by atoms with Gasteiger partial charge in [0.2, 0.25) is 0 Å². The first-order valence-electron chi connectivity index (χ1n) is 4.78. The van der Waals surface area contributed by atoms with Crippen molar-refractivity contribution in [3.8, 4) is 0 Å². The molecule has 0 aliphatic carbocycles. The van der Waals surface area contributed by atoms with E-state index >= 15 is 0 Å². The number of aliphatic hydroxyl groups excluding tert-OH is 2. The molecule has 1 aliphatic rings. The summed E-state index contributed by atoms with van der Waals surface area (Å²) in [6.45, 7) is 1.72. The summed E-state index contributed by atoms with van der Waals surface area (Å²) in [6, 6.07) is 0. The molecule has 1 heterocycles. The van der Waals surface area contributed by atoms with E-state index in [1.807, 2.05) is 0 Å². The number of hydrogen-bond acceptors (Lipinski definition) is 6. The molecule has 5 atom stereocenters. The number of aliphatic carboxylic acids is 1. The van der Waals surface area contributed by atoms with E-state index in [2.05, 4.69) is 0 Å². The Morgan fingerprint density at radius 3 is 2.38 bits per heavy atom. The molecule has 0 radical (unpaired) electrons. The summed E-state index contributed by atoms with van der Waals surface area (Å²) in [7, 11) is 1.24. The quantitative estimate of drug-likeness (QED) is 0.479. The Bertz CT molecular complexity index is 236. The molecule has 1 fully saturated rings. The second kappa shape index (κ2) is 6.90. The van der Waals surface area contributed by atoms with Crippen molar-refractivity contribution in [2.24, 2.45) is 0 Å². The van der Waals surface area contributed by atoms with Gasteiger partial charge in [0.15, 0.2) is 0 Å². The van der Waals surface area contributed by atoms with Crippen LogP contribution in [0.15, 0.2) is 0 Å². The number of aliphatic hydroxyl groups is 2. The van der Waals surface area contributed by atoms with Gasteiger partial charge in [-0.15, -0.1) is 0 Å². The number of carboxylic acid groups (broad SMARTS) is 1. The van der Waals surface area contributed by atoms with Crippen molar-refractivity contribution in [1.82, 2.24) is 0 Å².